The molecule has 0 radical (unpaired) electrons. The van der Waals surface area contributed by atoms with E-state index in [1.165, 1.54) is 21.3 Å². The molecule has 0 atom stereocenters. The second kappa shape index (κ2) is 5.00. The van der Waals surface area contributed by atoms with Gasteiger partial charge < -0.3 is 5.73 Å². The van der Waals surface area contributed by atoms with Gasteiger partial charge in [0.2, 0.25) is 0 Å². The van der Waals surface area contributed by atoms with Crippen molar-refractivity contribution >= 4 is 38.8 Å². The number of fused-ring (bicyclic) bond motifs is 5. The summed E-state index contributed by atoms with van der Waals surface area (Å²) in [6.45, 7) is 0.226. The molecule has 3 aromatic rings. The zero-order valence-electron chi connectivity index (χ0n) is 11.7. The maximum Gasteiger partial charge on any atom is 0.263 e. The van der Waals surface area contributed by atoms with Crippen LogP contribution in [-0.2, 0) is 19.4 Å². The number of benzene rings is 1. The third-order valence-corrected chi connectivity index (χ3v) is 5.27. The Labute approximate surface area is 136 Å². The summed E-state index contributed by atoms with van der Waals surface area (Å²) in [5, 5.41) is 0.700. The maximum atomic E-state index is 12.8. The molecule has 2 heterocycles. The van der Waals surface area contributed by atoms with Crippen LogP contribution in [0, 0.1) is 0 Å². The molecule has 0 amide bonds. The normalized spacial score (nSPS) is 12.9. The summed E-state index contributed by atoms with van der Waals surface area (Å²) in [7, 11) is 0. The van der Waals surface area contributed by atoms with Gasteiger partial charge in [-0.05, 0) is 24.0 Å². The van der Waals surface area contributed by atoms with Gasteiger partial charge in [-0.1, -0.05) is 36.5 Å². The number of nitrogens with zero attached hydrogens (tertiary/aromatic N) is 2. The van der Waals surface area contributed by atoms with E-state index in [2.05, 4.69) is 17.1 Å². The molecule has 2 aromatic heterocycles. The molecule has 0 aliphatic heterocycles. The molecule has 1 aromatic carbocycles. The highest BCUT2D eigenvalue weighted by molar-refractivity contribution is 7.80. The maximum absolute atomic E-state index is 12.8. The average Bonchev–Trinajstić information content (AvgIpc) is 2.89. The zero-order chi connectivity index (χ0) is 15.3. The number of nitrogens with two attached hydrogens (primary N) is 1. The highest BCUT2D eigenvalue weighted by Gasteiger charge is 2.23. The zero-order valence-corrected chi connectivity index (χ0v) is 13.3. The first-order valence-electron chi connectivity index (χ1n) is 7.02. The predicted molar refractivity (Wildman–Crippen MR) is 93.5 cm³/mol. The molecule has 0 spiro atoms. The van der Waals surface area contributed by atoms with E-state index in [4.69, 9.17) is 18.0 Å². The van der Waals surface area contributed by atoms with E-state index < -0.39 is 0 Å². The number of thiocarbonyl (C=S) groups is 1. The predicted octanol–water partition coefficient (Wildman–Crippen LogP) is 2.51. The molecule has 0 bridgehead atoms. The Hall–Kier alpha value is -2.05. The fourth-order valence-electron chi connectivity index (χ4n) is 3.04. The van der Waals surface area contributed by atoms with Crippen LogP contribution in [0.15, 0.2) is 35.4 Å². The fraction of sp³-hybridized carbons (Fsp3) is 0.188. The van der Waals surface area contributed by atoms with Gasteiger partial charge >= 0.3 is 0 Å². The minimum absolute atomic E-state index is 0.0630. The first kappa shape index (κ1) is 13.6. The lowest BCUT2D eigenvalue weighted by atomic mass is 9.89. The van der Waals surface area contributed by atoms with Crippen molar-refractivity contribution in [2.75, 3.05) is 0 Å². The van der Waals surface area contributed by atoms with Crippen LogP contribution < -0.4 is 11.3 Å². The molecular formula is C16H13N3OS2. The monoisotopic (exact) mass is 327 g/mol. The number of aryl methyl sites for hydroxylation is 2. The quantitative estimate of drug-likeness (QED) is 0.735. The van der Waals surface area contributed by atoms with Crippen LogP contribution in [0.25, 0.3) is 21.3 Å². The van der Waals surface area contributed by atoms with Crippen molar-refractivity contribution in [1.82, 2.24) is 9.55 Å². The fourth-order valence-corrected chi connectivity index (χ4v) is 4.33. The van der Waals surface area contributed by atoms with Crippen LogP contribution >= 0.6 is 23.6 Å². The van der Waals surface area contributed by atoms with E-state index in [9.17, 15) is 4.79 Å². The topological polar surface area (TPSA) is 60.9 Å². The molecule has 0 saturated carbocycles. The van der Waals surface area contributed by atoms with Crippen LogP contribution in [0.1, 0.15) is 10.4 Å². The lowest BCUT2D eigenvalue weighted by Crippen LogP contribution is -2.27. The van der Waals surface area contributed by atoms with Crippen molar-refractivity contribution < 1.29 is 0 Å². The van der Waals surface area contributed by atoms with E-state index in [0.717, 1.165) is 28.8 Å². The second-order valence-corrected chi connectivity index (χ2v) is 6.99. The lowest BCUT2D eigenvalue weighted by molar-refractivity contribution is 0.796. The largest absolute Gasteiger partial charge is 0.392 e. The SMILES string of the molecule is NC(=S)Cn1cnc2sc3c(c2c1=O)-c1ccccc1CC3. The van der Waals surface area contributed by atoms with Crippen molar-refractivity contribution in [3.05, 3.63) is 51.4 Å². The molecule has 110 valence electrons. The van der Waals surface area contributed by atoms with Crippen LogP contribution in [-0.4, -0.2) is 14.5 Å². The van der Waals surface area contributed by atoms with E-state index in [0.29, 0.717) is 5.39 Å². The first-order valence-corrected chi connectivity index (χ1v) is 8.25. The molecule has 1 aliphatic carbocycles. The molecule has 4 rings (SSSR count). The van der Waals surface area contributed by atoms with Gasteiger partial charge in [-0.3, -0.25) is 9.36 Å². The van der Waals surface area contributed by atoms with E-state index in [1.807, 2.05) is 12.1 Å². The Morgan fingerprint density at radius 3 is 3.00 bits per heavy atom. The van der Waals surface area contributed by atoms with Gasteiger partial charge in [-0.15, -0.1) is 11.3 Å². The molecule has 2 N–H and O–H groups in total. The highest BCUT2D eigenvalue weighted by atomic mass is 32.1. The van der Waals surface area contributed by atoms with Gasteiger partial charge in [0.1, 0.15) is 4.83 Å². The van der Waals surface area contributed by atoms with Crippen molar-refractivity contribution in [1.29, 1.82) is 0 Å². The summed E-state index contributed by atoms with van der Waals surface area (Å²) in [5.41, 5.74) is 9.01. The molecule has 0 saturated heterocycles. The van der Waals surface area contributed by atoms with Gasteiger partial charge in [-0.2, -0.15) is 0 Å². The van der Waals surface area contributed by atoms with Crippen molar-refractivity contribution in [3.63, 3.8) is 0 Å². The molecule has 0 unspecified atom stereocenters. The van der Waals surface area contributed by atoms with Gasteiger partial charge in [0.25, 0.3) is 5.56 Å². The molecule has 1 aliphatic rings. The highest BCUT2D eigenvalue weighted by Crippen LogP contribution is 2.41. The van der Waals surface area contributed by atoms with Crippen LogP contribution in [0.3, 0.4) is 0 Å². The van der Waals surface area contributed by atoms with Gasteiger partial charge in [-0.25, -0.2) is 4.98 Å². The number of aromatic nitrogens is 2. The Bertz CT molecular complexity index is 971. The molecule has 6 heteroatoms. The number of hydrogen-bond acceptors (Lipinski definition) is 4. The van der Waals surface area contributed by atoms with Crippen molar-refractivity contribution in [3.8, 4) is 11.1 Å². The Morgan fingerprint density at radius 2 is 2.18 bits per heavy atom. The van der Waals surface area contributed by atoms with Crippen LogP contribution in [0.2, 0.25) is 0 Å². The Morgan fingerprint density at radius 1 is 1.36 bits per heavy atom. The summed E-state index contributed by atoms with van der Waals surface area (Å²) in [6, 6.07) is 8.28. The van der Waals surface area contributed by atoms with Gasteiger partial charge in [0, 0.05) is 10.4 Å². The van der Waals surface area contributed by atoms with E-state index >= 15 is 0 Å². The first-order chi connectivity index (χ1) is 10.6. The third kappa shape index (κ3) is 1.99. The molecule has 4 nitrogen and oxygen atoms in total. The van der Waals surface area contributed by atoms with Gasteiger partial charge in [0.05, 0.1) is 23.2 Å². The summed E-state index contributed by atoms with van der Waals surface area (Å²) < 4.78 is 1.49. The van der Waals surface area contributed by atoms with E-state index in [1.54, 1.807) is 11.3 Å². The molecule has 22 heavy (non-hydrogen) atoms. The van der Waals surface area contributed by atoms with Crippen molar-refractivity contribution in [2.24, 2.45) is 5.73 Å². The summed E-state index contributed by atoms with van der Waals surface area (Å²) in [5.74, 6) is 0. The third-order valence-electron chi connectivity index (χ3n) is 3.99. The Balaban J connectivity index is 2.05. The van der Waals surface area contributed by atoms with Crippen molar-refractivity contribution in [2.45, 2.75) is 19.4 Å². The lowest BCUT2D eigenvalue weighted by Gasteiger charge is -2.16. The van der Waals surface area contributed by atoms with Gasteiger partial charge in [0.15, 0.2) is 0 Å². The summed E-state index contributed by atoms with van der Waals surface area (Å²) in [4.78, 5) is 19.6. The number of hydrogen-bond donors (Lipinski definition) is 1. The van der Waals surface area contributed by atoms with Crippen LogP contribution in [0.4, 0.5) is 0 Å². The number of thiophene rings is 1. The summed E-state index contributed by atoms with van der Waals surface area (Å²) in [6.07, 6.45) is 3.51. The molecule has 0 fully saturated rings. The second-order valence-electron chi connectivity index (χ2n) is 5.38. The summed E-state index contributed by atoms with van der Waals surface area (Å²) >= 11 is 6.53. The average molecular weight is 327 g/mol. The minimum Gasteiger partial charge on any atom is -0.392 e. The van der Waals surface area contributed by atoms with Crippen LogP contribution in [0.5, 0.6) is 0 Å². The minimum atomic E-state index is -0.0630. The van der Waals surface area contributed by atoms with E-state index in [-0.39, 0.29) is 17.1 Å². The molecular weight excluding hydrogens is 314 g/mol. The Kier molecular flexibility index (Phi) is 3.09. The smallest absolute Gasteiger partial charge is 0.263 e. The standard InChI is InChI=1S/C16H13N3OS2/c17-12(21)7-19-8-18-15-14(16(19)20)13-10-4-2-1-3-9(10)5-6-11(13)22-15/h1-4,8H,5-7H2,(H2,17,21). The number of rotatable bonds is 2.